The molecule has 1 aromatic carbocycles. The molecule has 0 saturated heterocycles. The molecule has 1 N–H and O–H groups in total. The summed E-state index contributed by atoms with van der Waals surface area (Å²) in [5.41, 5.74) is 5.38. The lowest BCUT2D eigenvalue weighted by Crippen LogP contribution is -2.14. The summed E-state index contributed by atoms with van der Waals surface area (Å²) in [6, 6.07) is 6.27. The van der Waals surface area contributed by atoms with Crippen LogP contribution in [0, 0.1) is 20.8 Å². The van der Waals surface area contributed by atoms with Crippen molar-refractivity contribution in [1.82, 2.24) is 10.1 Å². The van der Waals surface area contributed by atoms with Crippen LogP contribution in [0.2, 0.25) is 0 Å². The zero-order valence-electron chi connectivity index (χ0n) is 15.0. The van der Waals surface area contributed by atoms with Crippen molar-refractivity contribution >= 4 is 22.4 Å². The van der Waals surface area contributed by atoms with E-state index in [0.29, 0.717) is 22.1 Å². The standard InChI is InChI=1S/C19H21N3O2S/c1-10(2)17-16(13(5)22-24-17)18(23)21-19-20-15(9-25-19)14-8-11(3)6-7-12(14)4/h6-10H,1-5H3,(H,20,21,23). The highest BCUT2D eigenvalue weighted by atomic mass is 32.1. The first-order chi connectivity index (χ1) is 11.9. The van der Waals surface area contributed by atoms with E-state index in [-0.39, 0.29) is 11.8 Å². The Morgan fingerprint density at radius 3 is 2.72 bits per heavy atom. The summed E-state index contributed by atoms with van der Waals surface area (Å²) in [6.07, 6.45) is 0. The van der Waals surface area contributed by atoms with Crippen LogP contribution >= 0.6 is 11.3 Å². The number of carbonyl (C=O) groups excluding carboxylic acids is 1. The Labute approximate surface area is 151 Å². The maximum atomic E-state index is 12.6. The molecule has 0 fully saturated rings. The number of aryl methyl sites for hydroxylation is 3. The van der Waals surface area contributed by atoms with Crippen LogP contribution in [-0.2, 0) is 0 Å². The number of thiazole rings is 1. The van der Waals surface area contributed by atoms with Crippen LogP contribution in [0.15, 0.2) is 28.1 Å². The van der Waals surface area contributed by atoms with Crippen molar-refractivity contribution in [3.05, 3.63) is 51.7 Å². The SMILES string of the molecule is Cc1ccc(C)c(-c2csc(NC(=O)c3c(C)noc3C(C)C)n2)c1. The molecule has 2 heterocycles. The molecule has 1 amide bonds. The summed E-state index contributed by atoms with van der Waals surface area (Å²) in [6.45, 7) is 9.83. The number of nitrogens with one attached hydrogen (secondary N) is 1. The van der Waals surface area contributed by atoms with Crippen LogP contribution < -0.4 is 5.32 Å². The van der Waals surface area contributed by atoms with Crippen molar-refractivity contribution in [2.45, 2.75) is 40.5 Å². The van der Waals surface area contributed by atoms with Crippen LogP contribution in [0.5, 0.6) is 0 Å². The lowest BCUT2D eigenvalue weighted by atomic mass is 10.0. The summed E-state index contributed by atoms with van der Waals surface area (Å²) in [7, 11) is 0. The lowest BCUT2D eigenvalue weighted by molar-refractivity contribution is 0.102. The maximum absolute atomic E-state index is 12.6. The fourth-order valence-corrected chi connectivity index (χ4v) is 3.39. The second-order valence-electron chi connectivity index (χ2n) is 6.47. The summed E-state index contributed by atoms with van der Waals surface area (Å²) in [5, 5.41) is 9.32. The van der Waals surface area contributed by atoms with Gasteiger partial charge in [0.15, 0.2) is 10.9 Å². The zero-order valence-corrected chi connectivity index (χ0v) is 15.8. The van der Waals surface area contributed by atoms with E-state index >= 15 is 0 Å². The first-order valence-corrected chi connectivity index (χ1v) is 9.05. The van der Waals surface area contributed by atoms with Crippen LogP contribution in [0.3, 0.4) is 0 Å². The summed E-state index contributed by atoms with van der Waals surface area (Å²) in [4.78, 5) is 17.2. The van der Waals surface area contributed by atoms with Gasteiger partial charge in [-0.15, -0.1) is 11.3 Å². The Morgan fingerprint density at radius 2 is 2.00 bits per heavy atom. The van der Waals surface area contributed by atoms with Gasteiger partial charge in [-0.2, -0.15) is 0 Å². The predicted octanol–water partition coefficient (Wildman–Crippen LogP) is 5.10. The van der Waals surface area contributed by atoms with Crippen molar-refractivity contribution < 1.29 is 9.32 Å². The Kier molecular flexibility index (Phi) is 4.72. The summed E-state index contributed by atoms with van der Waals surface area (Å²) < 4.78 is 5.29. The summed E-state index contributed by atoms with van der Waals surface area (Å²) >= 11 is 1.41. The maximum Gasteiger partial charge on any atom is 0.262 e. The van der Waals surface area contributed by atoms with Crippen LogP contribution in [-0.4, -0.2) is 16.0 Å². The van der Waals surface area contributed by atoms with E-state index in [9.17, 15) is 4.79 Å². The number of benzene rings is 1. The normalized spacial score (nSPS) is 11.1. The van der Waals surface area contributed by atoms with Gasteiger partial charge in [0.25, 0.3) is 5.91 Å². The van der Waals surface area contributed by atoms with Crippen molar-refractivity contribution in [3.63, 3.8) is 0 Å². The highest BCUT2D eigenvalue weighted by Crippen LogP contribution is 2.29. The van der Waals surface area contributed by atoms with Gasteiger partial charge in [-0.05, 0) is 32.4 Å². The van der Waals surface area contributed by atoms with E-state index in [2.05, 4.69) is 47.5 Å². The molecule has 0 unspecified atom stereocenters. The molecular formula is C19H21N3O2S. The first kappa shape index (κ1) is 17.4. The third-order valence-corrected chi connectivity index (χ3v) is 4.79. The molecule has 5 nitrogen and oxygen atoms in total. The Hall–Kier alpha value is -2.47. The van der Waals surface area contributed by atoms with Gasteiger partial charge < -0.3 is 4.52 Å². The number of anilines is 1. The number of rotatable bonds is 4. The minimum atomic E-state index is -0.232. The van der Waals surface area contributed by atoms with E-state index < -0.39 is 0 Å². The molecular weight excluding hydrogens is 334 g/mol. The molecule has 0 aliphatic heterocycles. The third kappa shape index (κ3) is 3.49. The number of hydrogen-bond acceptors (Lipinski definition) is 5. The third-order valence-electron chi connectivity index (χ3n) is 4.03. The van der Waals surface area contributed by atoms with Crippen molar-refractivity contribution in [3.8, 4) is 11.3 Å². The summed E-state index contributed by atoms with van der Waals surface area (Å²) in [5.74, 6) is 0.453. The van der Waals surface area contributed by atoms with E-state index in [1.54, 1.807) is 6.92 Å². The highest BCUT2D eigenvalue weighted by molar-refractivity contribution is 7.14. The molecule has 0 saturated carbocycles. The molecule has 0 atom stereocenters. The van der Waals surface area contributed by atoms with Gasteiger partial charge in [-0.1, -0.05) is 36.7 Å². The minimum Gasteiger partial charge on any atom is -0.360 e. The molecule has 0 aliphatic rings. The Balaban J connectivity index is 1.86. The zero-order chi connectivity index (χ0) is 18.1. The van der Waals surface area contributed by atoms with E-state index in [1.807, 2.05) is 19.2 Å². The fraction of sp³-hybridized carbons (Fsp3) is 0.316. The van der Waals surface area contributed by atoms with Crippen LogP contribution in [0.25, 0.3) is 11.3 Å². The van der Waals surface area contributed by atoms with Gasteiger partial charge in [0, 0.05) is 16.9 Å². The Morgan fingerprint density at radius 1 is 1.24 bits per heavy atom. The van der Waals surface area contributed by atoms with Gasteiger partial charge >= 0.3 is 0 Å². The highest BCUT2D eigenvalue weighted by Gasteiger charge is 2.23. The van der Waals surface area contributed by atoms with Gasteiger partial charge in [0.05, 0.1) is 11.4 Å². The first-order valence-electron chi connectivity index (χ1n) is 8.17. The largest absolute Gasteiger partial charge is 0.360 e. The molecule has 0 radical (unpaired) electrons. The van der Waals surface area contributed by atoms with E-state index in [4.69, 9.17) is 4.52 Å². The van der Waals surface area contributed by atoms with E-state index in [0.717, 1.165) is 16.8 Å². The number of carbonyl (C=O) groups is 1. The minimum absolute atomic E-state index is 0.0868. The van der Waals surface area contributed by atoms with Crippen molar-refractivity contribution in [1.29, 1.82) is 0 Å². The van der Waals surface area contributed by atoms with Crippen LogP contribution in [0.4, 0.5) is 5.13 Å². The molecule has 2 aromatic heterocycles. The average molecular weight is 355 g/mol. The molecule has 6 heteroatoms. The molecule has 0 spiro atoms. The van der Waals surface area contributed by atoms with Crippen LogP contribution in [0.1, 0.15) is 52.7 Å². The molecule has 0 bridgehead atoms. The Bertz CT molecular complexity index is 925. The predicted molar refractivity (Wildman–Crippen MR) is 100 cm³/mol. The second kappa shape index (κ2) is 6.80. The van der Waals surface area contributed by atoms with Gasteiger partial charge in [-0.25, -0.2) is 4.98 Å². The number of aromatic nitrogens is 2. The molecule has 130 valence electrons. The smallest absolute Gasteiger partial charge is 0.262 e. The van der Waals surface area contributed by atoms with E-state index in [1.165, 1.54) is 16.9 Å². The number of nitrogens with zero attached hydrogens (tertiary/aromatic N) is 2. The van der Waals surface area contributed by atoms with Gasteiger partial charge in [0.2, 0.25) is 0 Å². The quantitative estimate of drug-likeness (QED) is 0.707. The lowest BCUT2D eigenvalue weighted by Gasteiger charge is -2.05. The molecule has 3 rings (SSSR count). The monoisotopic (exact) mass is 355 g/mol. The molecule has 25 heavy (non-hydrogen) atoms. The van der Waals surface area contributed by atoms with Gasteiger partial charge in [0.1, 0.15) is 5.56 Å². The van der Waals surface area contributed by atoms with Crippen molar-refractivity contribution in [2.75, 3.05) is 5.32 Å². The second-order valence-corrected chi connectivity index (χ2v) is 7.33. The topological polar surface area (TPSA) is 68.0 Å². The van der Waals surface area contributed by atoms with Crippen molar-refractivity contribution in [2.24, 2.45) is 0 Å². The fourth-order valence-electron chi connectivity index (χ4n) is 2.68. The molecule has 3 aromatic rings. The van der Waals surface area contributed by atoms with Gasteiger partial charge in [-0.3, -0.25) is 10.1 Å². The number of amides is 1. The average Bonchev–Trinajstić information content (AvgIpc) is 3.16. The number of hydrogen-bond donors (Lipinski definition) is 1. The molecule has 0 aliphatic carbocycles.